The summed E-state index contributed by atoms with van der Waals surface area (Å²) in [5.41, 5.74) is 0.868. The zero-order valence-electron chi connectivity index (χ0n) is 11.8. The van der Waals surface area contributed by atoms with Gasteiger partial charge in [-0.15, -0.1) is 0 Å². The van der Waals surface area contributed by atoms with Crippen molar-refractivity contribution in [3.05, 3.63) is 39.9 Å². The number of amides is 1. The number of hydrogen-bond acceptors (Lipinski definition) is 4. The molecule has 1 heterocycles. The van der Waals surface area contributed by atoms with E-state index in [9.17, 15) is 14.9 Å². The molecule has 1 aliphatic rings. The lowest BCUT2D eigenvalue weighted by molar-refractivity contribution is -0.384. The number of nitro benzene ring substituents is 1. The highest BCUT2D eigenvalue weighted by Gasteiger charge is 2.24. The van der Waals surface area contributed by atoms with Crippen LogP contribution in [0.3, 0.4) is 0 Å². The van der Waals surface area contributed by atoms with Crippen molar-refractivity contribution in [2.24, 2.45) is 0 Å². The molecular weight excluding hydrogens is 258 g/mol. The predicted octanol–water partition coefficient (Wildman–Crippen LogP) is 1.47. The third-order valence-corrected chi connectivity index (χ3v) is 3.79. The molecule has 1 aliphatic heterocycles. The van der Waals surface area contributed by atoms with Gasteiger partial charge in [0.1, 0.15) is 0 Å². The van der Waals surface area contributed by atoms with E-state index in [2.05, 4.69) is 4.90 Å². The molecular formula is C14H19N3O3. The highest BCUT2D eigenvalue weighted by Crippen LogP contribution is 2.21. The van der Waals surface area contributed by atoms with Gasteiger partial charge in [0.15, 0.2) is 0 Å². The van der Waals surface area contributed by atoms with Crippen molar-refractivity contribution in [1.29, 1.82) is 0 Å². The average Bonchev–Trinajstić information content (AvgIpc) is 2.46. The van der Waals surface area contributed by atoms with Gasteiger partial charge in [0, 0.05) is 38.3 Å². The molecule has 0 unspecified atom stereocenters. The van der Waals surface area contributed by atoms with Crippen LogP contribution in [0, 0.1) is 10.1 Å². The lowest BCUT2D eigenvalue weighted by Crippen LogP contribution is -2.48. The van der Waals surface area contributed by atoms with E-state index >= 15 is 0 Å². The summed E-state index contributed by atoms with van der Waals surface area (Å²) in [6.07, 6.45) is 0. The number of likely N-dealkylation sites (N-methyl/N-ethyl adjacent to an activating group) is 1. The third kappa shape index (κ3) is 3.14. The Morgan fingerprint density at radius 1 is 1.20 bits per heavy atom. The van der Waals surface area contributed by atoms with E-state index in [1.54, 1.807) is 12.1 Å². The monoisotopic (exact) mass is 277 g/mol. The first-order valence-corrected chi connectivity index (χ1v) is 6.70. The summed E-state index contributed by atoms with van der Waals surface area (Å²) in [5, 5.41) is 10.6. The maximum Gasteiger partial charge on any atom is 0.269 e. The van der Waals surface area contributed by atoms with Crippen LogP contribution in [0.2, 0.25) is 0 Å². The highest BCUT2D eigenvalue weighted by atomic mass is 16.6. The Kier molecular flexibility index (Phi) is 4.34. The van der Waals surface area contributed by atoms with E-state index in [0.29, 0.717) is 0 Å². The highest BCUT2D eigenvalue weighted by molar-refractivity contribution is 5.83. The molecule has 1 fully saturated rings. The van der Waals surface area contributed by atoms with E-state index in [4.69, 9.17) is 0 Å². The Bertz CT molecular complexity index is 493. The maximum absolute atomic E-state index is 12.4. The quantitative estimate of drug-likeness (QED) is 0.620. The van der Waals surface area contributed by atoms with Gasteiger partial charge >= 0.3 is 0 Å². The molecule has 1 saturated heterocycles. The minimum absolute atomic E-state index is 0.0491. The molecule has 1 atom stereocenters. The second kappa shape index (κ2) is 6.00. The molecule has 20 heavy (non-hydrogen) atoms. The molecule has 1 amide bonds. The van der Waals surface area contributed by atoms with Gasteiger partial charge in [0.2, 0.25) is 5.91 Å². The van der Waals surface area contributed by atoms with Gasteiger partial charge in [-0.3, -0.25) is 14.9 Å². The predicted molar refractivity (Wildman–Crippen MR) is 75.6 cm³/mol. The summed E-state index contributed by atoms with van der Waals surface area (Å²) >= 11 is 0. The first kappa shape index (κ1) is 14.5. The van der Waals surface area contributed by atoms with Gasteiger partial charge in [-0.05, 0) is 19.5 Å². The van der Waals surface area contributed by atoms with Crippen molar-refractivity contribution in [2.45, 2.75) is 12.8 Å². The van der Waals surface area contributed by atoms with Gasteiger partial charge in [0.05, 0.1) is 10.8 Å². The van der Waals surface area contributed by atoms with Crippen molar-refractivity contribution in [3.8, 4) is 0 Å². The van der Waals surface area contributed by atoms with Gasteiger partial charge in [-0.1, -0.05) is 12.1 Å². The minimum Gasteiger partial charge on any atom is -0.340 e. The van der Waals surface area contributed by atoms with Gasteiger partial charge in [0.25, 0.3) is 5.69 Å². The van der Waals surface area contributed by atoms with Crippen LogP contribution in [0.15, 0.2) is 24.3 Å². The number of carbonyl (C=O) groups is 1. The van der Waals surface area contributed by atoms with Gasteiger partial charge < -0.3 is 9.80 Å². The molecule has 0 aliphatic carbocycles. The Labute approximate surface area is 118 Å². The van der Waals surface area contributed by atoms with Crippen LogP contribution in [0.4, 0.5) is 5.69 Å². The molecule has 1 aromatic rings. The van der Waals surface area contributed by atoms with Crippen LogP contribution < -0.4 is 0 Å². The summed E-state index contributed by atoms with van der Waals surface area (Å²) in [6, 6.07) is 6.22. The first-order chi connectivity index (χ1) is 9.49. The third-order valence-electron chi connectivity index (χ3n) is 3.79. The number of piperazine rings is 1. The summed E-state index contributed by atoms with van der Waals surface area (Å²) in [7, 11) is 2.04. The zero-order chi connectivity index (χ0) is 14.7. The number of carbonyl (C=O) groups excluding carboxylic acids is 1. The molecule has 0 saturated carbocycles. The smallest absolute Gasteiger partial charge is 0.269 e. The molecule has 0 bridgehead atoms. The van der Waals surface area contributed by atoms with Gasteiger partial charge in [-0.25, -0.2) is 0 Å². The van der Waals surface area contributed by atoms with Gasteiger partial charge in [-0.2, -0.15) is 0 Å². The van der Waals surface area contributed by atoms with E-state index in [-0.39, 0.29) is 17.5 Å². The Morgan fingerprint density at radius 2 is 1.75 bits per heavy atom. The summed E-state index contributed by atoms with van der Waals surface area (Å²) < 4.78 is 0. The molecule has 0 aromatic heterocycles. The van der Waals surface area contributed by atoms with E-state index < -0.39 is 4.92 Å². The number of hydrogen-bond donors (Lipinski definition) is 0. The Balaban J connectivity index is 2.04. The molecule has 0 radical (unpaired) electrons. The second-order valence-corrected chi connectivity index (χ2v) is 5.20. The normalized spacial score (nSPS) is 17.8. The van der Waals surface area contributed by atoms with Crippen molar-refractivity contribution in [3.63, 3.8) is 0 Å². The van der Waals surface area contributed by atoms with Crippen molar-refractivity contribution in [1.82, 2.24) is 9.80 Å². The number of rotatable bonds is 3. The number of benzene rings is 1. The zero-order valence-corrected chi connectivity index (χ0v) is 11.8. The number of non-ortho nitro benzene ring substituents is 1. The van der Waals surface area contributed by atoms with Crippen molar-refractivity contribution >= 4 is 11.6 Å². The van der Waals surface area contributed by atoms with Crippen molar-refractivity contribution in [2.75, 3.05) is 33.2 Å². The fourth-order valence-electron chi connectivity index (χ4n) is 2.33. The molecule has 108 valence electrons. The van der Waals surface area contributed by atoms with E-state index in [1.165, 1.54) is 12.1 Å². The van der Waals surface area contributed by atoms with E-state index in [0.717, 1.165) is 31.7 Å². The molecule has 0 spiro atoms. The standard InChI is InChI=1S/C14H19N3O3/c1-11(12-3-5-13(6-4-12)17(19)20)14(18)16-9-7-15(2)8-10-16/h3-6,11H,7-10H2,1-2H3/t11-/m0/s1. The summed E-state index contributed by atoms with van der Waals surface area (Å²) in [6.45, 7) is 5.11. The Morgan fingerprint density at radius 3 is 2.25 bits per heavy atom. The fourth-order valence-corrected chi connectivity index (χ4v) is 2.33. The lowest BCUT2D eigenvalue weighted by Gasteiger charge is -2.34. The van der Waals surface area contributed by atoms with Crippen molar-refractivity contribution < 1.29 is 9.72 Å². The topological polar surface area (TPSA) is 66.7 Å². The summed E-state index contributed by atoms with van der Waals surface area (Å²) in [4.78, 5) is 26.6. The summed E-state index contributed by atoms with van der Waals surface area (Å²) in [5.74, 6) is -0.175. The first-order valence-electron chi connectivity index (χ1n) is 6.70. The Hall–Kier alpha value is -1.95. The lowest BCUT2D eigenvalue weighted by atomic mass is 9.99. The van der Waals surface area contributed by atoms with Crippen LogP contribution >= 0.6 is 0 Å². The SMILES string of the molecule is C[C@H](C(=O)N1CCN(C)CC1)c1ccc([N+](=O)[O-])cc1. The molecule has 0 N–H and O–H groups in total. The number of nitrogens with zero attached hydrogens (tertiary/aromatic N) is 3. The van der Waals surface area contributed by atoms with Crippen LogP contribution in [0.5, 0.6) is 0 Å². The molecule has 6 heteroatoms. The molecule has 2 rings (SSSR count). The average molecular weight is 277 g/mol. The largest absolute Gasteiger partial charge is 0.340 e. The van der Waals surface area contributed by atoms with Crippen LogP contribution in [0.1, 0.15) is 18.4 Å². The second-order valence-electron chi connectivity index (χ2n) is 5.20. The maximum atomic E-state index is 12.4. The number of nitro groups is 1. The van der Waals surface area contributed by atoms with Crippen LogP contribution in [-0.2, 0) is 4.79 Å². The minimum atomic E-state index is -0.434. The molecule has 6 nitrogen and oxygen atoms in total. The molecule has 1 aromatic carbocycles. The van der Waals surface area contributed by atoms with Crippen LogP contribution in [-0.4, -0.2) is 53.9 Å². The van der Waals surface area contributed by atoms with Crippen LogP contribution in [0.25, 0.3) is 0 Å². The van der Waals surface area contributed by atoms with E-state index in [1.807, 2.05) is 18.9 Å². The fraction of sp³-hybridized carbons (Fsp3) is 0.500.